The Bertz CT molecular complexity index is 424. The van der Waals surface area contributed by atoms with Crippen LogP contribution in [0.3, 0.4) is 0 Å². The smallest absolute Gasteiger partial charge is 0.270 e. The Morgan fingerprint density at radius 1 is 1.39 bits per heavy atom. The molecule has 4 nitrogen and oxygen atoms in total. The number of halogens is 1. The second kappa shape index (κ2) is 6.16. The van der Waals surface area contributed by atoms with E-state index < -0.39 is 11.0 Å². The first kappa shape index (κ1) is 14.9. The van der Waals surface area contributed by atoms with Crippen molar-refractivity contribution < 1.29 is 10.0 Å². The molecule has 1 aromatic rings. The van der Waals surface area contributed by atoms with Crippen molar-refractivity contribution in [2.45, 2.75) is 33.3 Å². The molecule has 0 aromatic heterocycles. The minimum absolute atomic E-state index is 0.0121. The van der Waals surface area contributed by atoms with Gasteiger partial charge in [0, 0.05) is 12.1 Å². The van der Waals surface area contributed by atoms with Crippen LogP contribution >= 0.6 is 11.6 Å². The third-order valence-electron chi connectivity index (χ3n) is 3.18. The van der Waals surface area contributed by atoms with E-state index in [-0.39, 0.29) is 11.6 Å². The first-order valence-corrected chi connectivity index (χ1v) is 6.31. The van der Waals surface area contributed by atoms with Crippen LogP contribution in [0.1, 0.15) is 26.3 Å². The summed E-state index contributed by atoms with van der Waals surface area (Å²) in [5, 5.41) is 20.7. The molecule has 2 unspecified atom stereocenters. The van der Waals surface area contributed by atoms with Crippen molar-refractivity contribution >= 4 is 17.3 Å². The van der Waals surface area contributed by atoms with Crippen LogP contribution in [0.2, 0.25) is 5.02 Å². The molecule has 0 saturated carbocycles. The second-order valence-electron chi connectivity index (χ2n) is 4.89. The van der Waals surface area contributed by atoms with Gasteiger partial charge in [0.15, 0.2) is 0 Å². The minimum Gasteiger partial charge on any atom is -0.393 e. The van der Waals surface area contributed by atoms with Gasteiger partial charge >= 0.3 is 0 Å². The third-order valence-corrected chi connectivity index (χ3v) is 3.53. The number of nitro benzene ring substituents is 1. The van der Waals surface area contributed by atoms with Gasteiger partial charge in [0.25, 0.3) is 5.69 Å². The molecule has 100 valence electrons. The van der Waals surface area contributed by atoms with Crippen LogP contribution in [0, 0.1) is 22.0 Å². The average Bonchev–Trinajstić information content (AvgIpc) is 2.25. The molecule has 0 saturated heterocycles. The summed E-state index contributed by atoms with van der Waals surface area (Å²) in [5.41, 5.74) is 0.823. The van der Waals surface area contributed by atoms with Crippen LogP contribution in [0.5, 0.6) is 0 Å². The number of aliphatic hydroxyl groups excluding tert-OH is 1. The maximum absolute atomic E-state index is 10.6. The van der Waals surface area contributed by atoms with Crippen molar-refractivity contribution in [3.63, 3.8) is 0 Å². The van der Waals surface area contributed by atoms with Crippen molar-refractivity contribution in [3.05, 3.63) is 38.9 Å². The van der Waals surface area contributed by atoms with Crippen molar-refractivity contribution in [2.75, 3.05) is 0 Å². The van der Waals surface area contributed by atoms with E-state index in [1.807, 2.05) is 13.8 Å². The topological polar surface area (TPSA) is 63.4 Å². The normalized spacial score (nSPS) is 14.6. The van der Waals surface area contributed by atoms with Crippen molar-refractivity contribution in [2.24, 2.45) is 11.8 Å². The lowest BCUT2D eigenvalue weighted by Crippen LogP contribution is -2.24. The van der Waals surface area contributed by atoms with Crippen LogP contribution in [-0.2, 0) is 6.42 Å². The zero-order valence-corrected chi connectivity index (χ0v) is 11.5. The minimum atomic E-state index is -0.468. The molecule has 1 rings (SSSR count). The Balaban J connectivity index is 2.94. The van der Waals surface area contributed by atoms with Gasteiger partial charge in [-0.15, -0.1) is 0 Å². The highest BCUT2D eigenvalue weighted by Gasteiger charge is 2.21. The summed E-state index contributed by atoms with van der Waals surface area (Å²) in [6.45, 7) is 5.83. The Hall–Kier alpha value is -1.13. The average molecular weight is 272 g/mol. The molecule has 0 aliphatic rings. The number of rotatable bonds is 5. The summed E-state index contributed by atoms with van der Waals surface area (Å²) in [4.78, 5) is 10.1. The molecule has 0 bridgehead atoms. The standard InChI is InChI=1S/C13H18ClNO3/c1-8(2)12(9(3)16)6-10-4-5-11(15(17)18)7-13(10)14/h4-5,7-9,12,16H,6H2,1-3H3. The van der Waals surface area contributed by atoms with Gasteiger partial charge in [-0.05, 0) is 30.7 Å². The number of nitrogens with zero attached hydrogens (tertiary/aromatic N) is 1. The van der Waals surface area contributed by atoms with Gasteiger partial charge in [0.1, 0.15) is 0 Å². The van der Waals surface area contributed by atoms with E-state index in [9.17, 15) is 15.2 Å². The fraction of sp³-hybridized carbons (Fsp3) is 0.538. The van der Waals surface area contributed by atoms with Gasteiger partial charge in [-0.1, -0.05) is 31.5 Å². The van der Waals surface area contributed by atoms with Crippen molar-refractivity contribution in [1.82, 2.24) is 0 Å². The van der Waals surface area contributed by atoms with E-state index in [2.05, 4.69) is 0 Å². The third kappa shape index (κ3) is 3.68. The van der Waals surface area contributed by atoms with Crippen LogP contribution in [0.15, 0.2) is 18.2 Å². The molecular formula is C13H18ClNO3. The quantitative estimate of drug-likeness (QED) is 0.659. The molecule has 0 heterocycles. The molecule has 0 fully saturated rings. The molecule has 18 heavy (non-hydrogen) atoms. The van der Waals surface area contributed by atoms with Gasteiger partial charge in [-0.25, -0.2) is 0 Å². The molecule has 1 aromatic carbocycles. The zero-order valence-electron chi connectivity index (χ0n) is 10.8. The molecule has 0 radical (unpaired) electrons. The molecule has 0 aliphatic carbocycles. The number of nitro groups is 1. The highest BCUT2D eigenvalue weighted by atomic mass is 35.5. The first-order valence-electron chi connectivity index (χ1n) is 5.93. The fourth-order valence-electron chi connectivity index (χ4n) is 2.03. The van der Waals surface area contributed by atoms with Crippen molar-refractivity contribution in [1.29, 1.82) is 0 Å². The van der Waals surface area contributed by atoms with Gasteiger partial charge in [-0.2, -0.15) is 0 Å². The van der Waals surface area contributed by atoms with E-state index in [0.29, 0.717) is 17.4 Å². The predicted octanol–water partition coefficient (Wildman–Crippen LogP) is 3.44. The van der Waals surface area contributed by atoms with E-state index in [0.717, 1.165) is 5.56 Å². The van der Waals surface area contributed by atoms with E-state index in [4.69, 9.17) is 11.6 Å². The maximum atomic E-state index is 10.6. The number of benzene rings is 1. The lowest BCUT2D eigenvalue weighted by atomic mass is 9.85. The number of non-ortho nitro benzene ring substituents is 1. The Morgan fingerprint density at radius 2 is 2.00 bits per heavy atom. The summed E-state index contributed by atoms with van der Waals surface area (Å²) < 4.78 is 0. The molecule has 0 spiro atoms. The van der Waals surface area contributed by atoms with Crippen LogP contribution in [0.25, 0.3) is 0 Å². The number of hydrogen-bond acceptors (Lipinski definition) is 3. The molecule has 1 N–H and O–H groups in total. The van der Waals surface area contributed by atoms with Crippen LogP contribution in [-0.4, -0.2) is 16.1 Å². The summed E-state index contributed by atoms with van der Waals surface area (Å²) in [5.74, 6) is 0.403. The molecule has 0 amide bonds. The number of hydrogen-bond donors (Lipinski definition) is 1. The Labute approximate surface area is 112 Å². The summed E-state index contributed by atoms with van der Waals surface area (Å²) in [6.07, 6.45) is 0.183. The van der Waals surface area contributed by atoms with E-state index in [1.165, 1.54) is 12.1 Å². The molecular weight excluding hydrogens is 254 g/mol. The summed E-state index contributed by atoms with van der Waals surface area (Å²) in [6, 6.07) is 4.47. The summed E-state index contributed by atoms with van der Waals surface area (Å²) >= 11 is 6.04. The van der Waals surface area contributed by atoms with Gasteiger partial charge in [-0.3, -0.25) is 10.1 Å². The summed E-state index contributed by atoms with van der Waals surface area (Å²) in [7, 11) is 0. The largest absolute Gasteiger partial charge is 0.393 e. The van der Waals surface area contributed by atoms with Crippen LogP contribution in [0.4, 0.5) is 5.69 Å². The molecule has 5 heteroatoms. The molecule has 0 aliphatic heterocycles. The SMILES string of the molecule is CC(C)C(Cc1ccc([N+](=O)[O-])cc1Cl)C(C)O. The maximum Gasteiger partial charge on any atom is 0.270 e. The Morgan fingerprint density at radius 3 is 2.39 bits per heavy atom. The highest BCUT2D eigenvalue weighted by molar-refractivity contribution is 6.31. The predicted molar refractivity (Wildman–Crippen MR) is 71.8 cm³/mol. The fourth-order valence-corrected chi connectivity index (χ4v) is 2.28. The van der Waals surface area contributed by atoms with E-state index in [1.54, 1.807) is 13.0 Å². The van der Waals surface area contributed by atoms with Crippen molar-refractivity contribution in [3.8, 4) is 0 Å². The first-order chi connectivity index (χ1) is 8.32. The lowest BCUT2D eigenvalue weighted by molar-refractivity contribution is -0.384. The van der Waals surface area contributed by atoms with Gasteiger partial charge in [0.2, 0.25) is 0 Å². The Kier molecular flexibility index (Phi) is 5.11. The zero-order chi connectivity index (χ0) is 13.9. The lowest BCUT2D eigenvalue weighted by Gasteiger charge is -2.24. The molecule has 2 atom stereocenters. The second-order valence-corrected chi connectivity index (χ2v) is 5.29. The highest BCUT2D eigenvalue weighted by Crippen LogP contribution is 2.28. The number of aliphatic hydroxyl groups is 1. The van der Waals surface area contributed by atoms with Crippen LogP contribution < -0.4 is 0 Å². The van der Waals surface area contributed by atoms with Gasteiger partial charge < -0.3 is 5.11 Å². The monoisotopic (exact) mass is 271 g/mol. The van der Waals surface area contributed by atoms with Gasteiger partial charge in [0.05, 0.1) is 16.0 Å². The van der Waals surface area contributed by atoms with E-state index >= 15 is 0 Å².